The molecule has 0 aromatic heterocycles. The molecule has 1 N–H and O–H groups in total. The fourth-order valence-corrected chi connectivity index (χ4v) is 3.75. The van der Waals surface area contributed by atoms with E-state index in [-0.39, 0.29) is 9.52 Å². The summed E-state index contributed by atoms with van der Waals surface area (Å²) in [5.74, 6) is 0. The summed E-state index contributed by atoms with van der Waals surface area (Å²) in [6.45, 7) is 9.34. The summed E-state index contributed by atoms with van der Waals surface area (Å²) in [5.41, 5.74) is 1.95. The molecule has 2 heteroatoms. The van der Waals surface area contributed by atoms with E-state index in [1.54, 1.807) is 0 Å². The maximum atomic E-state index is 3.36. The first-order valence-corrected chi connectivity index (χ1v) is 6.42. The molecule has 0 aliphatic rings. The summed E-state index contributed by atoms with van der Waals surface area (Å²) in [7, 11) is 2.21. The lowest BCUT2D eigenvalue weighted by molar-refractivity contribution is 0.549. The van der Waals surface area contributed by atoms with Gasteiger partial charge in [0.15, 0.2) is 0 Å². The van der Waals surface area contributed by atoms with E-state index in [2.05, 4.69) is 40.1 Å². The minimum Gasteiger partial charge on any atom is -0.317 e. The molecule has 0 saturated heterocycles. The standard InChI is InChI=1S/C9H23NSi/c1-6-9(8(4)10-5)11-7(2)3/h7-10H,6,11H2,1-5H3. The van der Waals surface area contributed by atoms with Crippen molar-refractivity contribution in [3.05, 3.63) is 0 Å². The highest BCUT2D eigenvalue weighted by Gasteiger charge is 2.14. The number of nitrogens with one attached hydrogen (secondary N) is 1. The summed E-state index contributed by atoms with van der Waals surface area (Å²) >= 11 is 0. The van der Waals surface area contributed by atoms with Crippen LogP contribution < -0.4 is 5.32 Å². The van der Waals surface area contributed by atoms with Crippen molar-refractivity contribution in [2.75, 3.05) is 7.05 Å². The summed E-state index contributed by atoms with van der Waals surface area (Å²) in [6.07, 6.45) is 1.35. The Kier molecular flexibility index (Phi) is 5.87. The molecule has 2 atom stereocenters. The molecule has 0 amide bonds. The maximum Gasteiger partial charge on any atom is 0.0277 e. The molecule has 0 aromatic carbocycles. The first-order chi connectivity index (χ1) is 5.11. The van der Waals surface area contributed by atoms with Gasteiger partial charge in [-0.1, -0.05) is 32.7 Å². The van der Waals surface area contributed by atoms with Crippen LogP contribution in [0.1, 0.15) is 34.1 Å². The van der Waals surface area contributed by atoms with Crippen LogP contribution >= 0.6 is 0 Å². The van der Waals surface area contributed by atoms with Crippen LogP contribution in [0.15, 0.2) is 0 Å². The van der Waals surface area contributed by atoms with Crippen LogP contribution in [0.2, 0.25) is 11.1 Å². The Morgan fingerprint density at radius 3 is 2.09 bits per heavy atom. The van der Waals surface area contributed by atoms with E-state index >= 15 is 0 Å². The van der Waals surface area contributed by atoms with Gasteiger partial charge in [-0.25, -0.2) is 0 Å². The molecule has 0 heterocycles. The van der Waals surface area contributed by atoms with Crippen molar-refractivity contribution in [3.8, 4) is 0 Å². The average Bonchev–Trinajstić information content (AvgIpc) is 1.98. The van der Waals surface area contributed by atoms with Crippen LogP contribution in [0.5, 0.6) is 0 Å². The van der Waals surface area contributed by atoms with Gasteiger partial charge in [-0.15, -0.1) is 0 Å². The van der Waals surface area contributed by atoms with Crippen LogP contribution in [-0.4, -0.2) is 22.6 Å². The third-order valence-corrected chi connectivity index (χ3v) is 5.29. The van der Waals surface area contributed by atoms with Gasteiger partial charge in [-0.2, -0.15) is 0 Å². The van der Waals surface area contributed by atoms with Crippen molar-refractivity contribution in [1.29, 1.82) is 0 Å². The van der Waals surface area contributed by atoms with Crippen molar-refractivity contribution in [1.82, 2.24) is 5.32 Å². The van der Waals surface area contributed by atoms with Crippen LogP contribution in [0.25, 0.3) is 0 Å². The molecule has 0 aliphatic carbocycles. The molecule has 0 bridgehead atoms. The van der Waals surface area contributed by atoms with Crippen molar-refractivity contribution < 1.29 is 0 Å². The third-order valence-electron chi connectivity index (χ3n) is 2.46. The molecular weight excluding hydrogens is 150 g/mol. The Labute approximate surface area is 73.8 Å². The Hall–Kier alpha value is 0.177. The molecule has 1 nitrogen and oxygen atoms in total. The normalized spacial score (nSPS) is 18.0. The third kappa shape index (κ3) is 4.59. The molecule has 0 aromatic rings. The zero-order valence-corrected chi connectivity index (χ0v) is 10.1. The first-order valence-electron chi connectivity index (χ1n) is 4.79. The number of hydrogen-bond acceptors (Lipinski definition) is 1. The van der Waals surface area contributed by atoms with E-state index in [0.29, 0.717) is 0 Å². The summed E-state index contributed by atoms with van der Waals surface area (Å²) in [5, 5.41) is 3.36. The predicted octanol–water partition coefficient (Wildman–Crippen LogP) is 1.79. The van der Waals surface area contributed by atoms with Gasteiger partial charge in [0.2, 0.25) is 0 Å². The Bertz CT molecular complexity index is 93.6. The van der Waals surface area contributed by atoms with Crippen LogP contribution in [-0.2, 0) is 0 Å². The lowest BCUT2D eigenvalue weighted by atomic mass is 10.2. The van der Waals surface area contributed by atoms with E-state index in [4.69, 9.17) is 0 Å². The smallest absolute Gasteiger partial charge is 0.0277 e. The van der Waals surface area contributed by atoms with Gasteiger partial charge in [0.1, 0.15) is 0 Å². The van der Waals surface area contributed by atoms with Gasteiger partial charge >= 0.3 is 0 Å². The Balaban J connectivity index is 3.74. The largest absolute Gasteiger partial charge is 0.317 e. The summed E-state index contributed by atoms with van der Waals surface area (Å²) in [6, 6.07) is 0.731. The number of hydrogen-bond donors (Lipinski definition) is 1. The summed E-state index contributed by atoms with van der Waals surface area (Å²) in [4.78, 5) is 0. The van der Waals surface area contributed by atoms with Gasteiger partial charge in [0, 0.05) is 15.6 Å². The van der Waals surface area contributed by atoms with Gasteiger partial charge in [0.05, 0.1) is 0 Å². The van der Waals surface area contributed by atoms with E-state index in [1.165, 1.54) is 6.42 Å². The molecule has 11 heavy (non-hydrogen) atoms. The van der Waals surface area contributed by atoms with Crippen molar-refractivity contribution in [2.24, 2.45) is 0 Å². The van der Waals surface area contributed by atoms with E-state index in [0.717, 1.165) is 17.1 Å². The zero-order valence-electron chi connectivity index (χ0n) is 8.65. The molecule has 0 aliphatic heterocycles. The highest BCUT2D eigenvalue weighted by Crippen LogP contribution is 2.19. The molecule has 0 spiro atoms. The SMILES string of the molecule is CCC([SiH2]C(C)C)C(C)NC. The maximum absolute atomic E-state index is 3.36. The average molecular weight is 173 g/mol. The second-order valence-electron chi connectivity index (χ2n) is 3.88. The molecule has 2 unspecified atom stereocenters. The lowest BCUT2D eigenvalue weighted by Crippen LogP contribution is -2.30. The van der Waals surface area contributed by atoms with Crippen LogP contribution in [0, 0.1) is 0 Å². The predicted molar refractivity (Wildman–Crippen MR) is 56.2 cm³/mol. The topological polar surface area (TPSA) is 12.0 Å². The minimum atomic E-state index is 0.139. The van der Waals surface area contributed by atoms with Crippen molar-refractivity contribution in [3.63, 3.8) is 0 Å². The van der Waals surface area contributed by atoms with E-state index < -0.39 is 0 Å². The van der Waals surface area contributed by atoms with Crippen molar-refractivity contribution in [2.45, 2.75) is 51.2 Å². The lowest BCUT2D eigenvalue weighted by Gasteiger charge is -2.23. The summed E-state index contributed by atoms with van der Waals surface area (Å²) < 4.78 is 0. The zero-order chi connectivity index (χ0) is 8.85. The molecule has 0 saturated carbocycles. The number of rotatable bonds is 5. The molecule has 0 radical (unpaired) electrons. The molecule has 0 fully saturated rings. The van der Waals surface area contributed by atoms with Crippen LogP contribution in [0.4, 0.5) is 0 Å². The van der Waals surface area contributed by atoms with E-state index in [1.807, 2.05) is 0 Å². The highest BCUT2D eigenvalue weighted by molar-refractivity contribution is 6.39. The highest BCUT2D eigenvalue weighted by atomic mass is 28.2. The van der Waals surface area contributed by atoms with Gasteiger partial charge in [-0.3, -0.25) is 0 Å². The fraction of sp³-hybridized carbons (Fsp3) is 1.00. The van der Waals surface area contributed by atoms with E-state index in [9.17, 15) is 0 Å². The quantitative estimate of drug-likeness (QED) is 0.625. The molecule has 68 valence electrons. The second kappa shape index (κ2) is 5.78. The van der Waals surface area contributed by atoms with Crippen LogP contribution in [0.3, 0.4) is 0 Å². The van der Waals surface area contributed by atoms with Gasteiger partial charge in [0.25, 0.3) is 0 Å². The Morgan fingerprint density at radius 1 is 1.27 bits per heavy atom. The van der Waals surface area contributed by atoms with Gasteiger partial charge in [-0.05, 0) is 19.5 Å². The first kappa shape index (κ1) is 11.2. The molecule has 0 rings (SSSR count). The second-order valence-corrected chi connectivity index (χ2v) is 7.03. The molecular formula is C9H23NSi. The minimum absolute atomic E-state index is 0.139. The monoisotopic (exact) mass is 173 g/mol. The van der Waals surface area contributed by atoms with Gasteiger partial charge < -0.3 is 5.32 Å². The Morgan fingerprint density at radius 2 is 1.82 bits per heavy atom. The van der Waals surface area contributed by atoms with Crippen molar-refractivity contribution >= 4 is 9.52 Å². The fourth-order valence-electron chi connectivity index (χ4n) is 1.57.